The second-order valence-electron chi connectivity index (χ2n) is 5.90. The highest BCUT2D eigenvalue weighted by atomic mass is 16.4. The Labute approximate surface area is 152 Å². The van der Waals surface area contributed by atoms with Gasteiger partial charge >= 0.3 is 5.97 Å². The Hall–Kier alpha value is -3.15. The van der Waals surface area contributed by atoms with Crippen molar-refractivity contribution in [3.05, 3.63) is 65.7 Å². The van der Waals surface area contributed by atoms with Crippen LogP contribution in [0.3, 0.4) is 0 Å². The summed E-state index contributed by atoms with van der Waals surface area (Å²) in [4.78, 5) is 35.5. The van der Waals surface area contributed by atoms with Gasteiger partial charge in [-0.05, 0) is 42.8 Å². The third-order valence-electron chi connectivity index (χ3n) is 3.89. The maximum absolute atomic E-state index is 12.2. The van der Waals surface area contributed by atoms with Gasteiger partial charge in [-0.3, -0.25) is 9.59 Å². The van der Waals surface area contributed by atoms with Gasteiger partial charge in [0.1, 0.15) is 6.04 Å². The third-order valence-corrected chi connectivity index (χ3v) is 3.89. The summed E-state index contributed by atoms with van der Waals surface area (Å²) in [6, 6.07) is 14.2. The molecule has 0 radical (unpaired) electrons. The van der Waals surface area contributed by atoms with Crippen LogP contribution in [0.1, 0.15) is 46.9 Å². The number of rotatable bonds is 8. The largest absolute Gasteiger partial charge is 0.480 e. The van der Waals surface area contributed by atoms with Crippen molar-refractivity contribution in [1.29, 1.82) is 0 Å². The highest BCUT2D eigenvalue weighted by Crippen LogP contribution is 2.12. The predicted molar refractivity (Wildman–Crippen MR) is 99.3 cm³/mol. The first kappa shape index (κ1) is 19.2. The van der Waals surface area contributed by atoms with Crippen molar-refractivity contribution in [2.24, 2.45) is 0 Å². The monoisotopic (exact) mass is 354 g/mol. The molecule has 0 aliphatic rings. The van der Waals surface area contributed by atoms with Gasteiger partial charge in [-0.1, -0.05) is 38.0 Å². The molecule has 0 bridgehead atoms. The number of carbonyl (C=O) groups excluding carboxylic acids is 2. The van der Waals surface area contributed by atoms with Crippen molar-refractivity contribution in [2.45, 2.75) is 32.2 Å². The molecule has 0 aliphatic carbocycles. The van der Waals surface area contributed by atoms with Crippen LogP contribution in [0.25, 0.3) is 0 Å². The minimum atomic E-state index is -1.04. The minimum absolute atomic E-state index is 0.242. The van der Waals surface area contributed by atoms with E-state index in [1.165, 1.54) is 0 Å². The van der Waals surface area contributed by atoms with Crippen molar-refractivity contribution in [1.82, 2.24) is 5.32 Å². The number of aliphatic carboxylic acids is 1. The lowest BCUT2D eigenvalue weighted by Crippen LogP contribution is -2.40. The first-order chi connectivity index (χ1) is 12.5. The van der Waals surface area contributed by atoms with Gasteiger partial charge in [0.05, 0.1) is 0 Å². The lowest BCUT2D eigenvalue weighted by molar-refractivity contribution is -0.139. The molecule has 0 saturated carbocycles. The van der Waals surface area contributed by atoms with E-state index in [-0.39, 0.29) is 5.91 Å². The molecule has 6 nitrogen and oxygen atoms in total. The Morgan fingerprint density at radius 1 is 0.923 bits per heavy atom. The van der Waals surface area contributed by atoms with Gasteiger partial charge in [0, 0.05) is 16.8 Å². The molecule has 0 spiro atoms. The smallest absolute Gasteiger partial charge is 0.326 e. The number of carbonyl (C=O) groups is 3. The molecule has 6 heteroatoms. The SMILES string of the molecule is CCCCC(NC(=O)c1ccc(NC(=O)c2ccccc2)cc1)C(=O)O. The summed E-state index contributed by atoms with van der Waals surface area (Å²) in [5.74, 6) is -1.73. The zero-order valence-electron chi connectivity index (χ0n) is 14.6. The van der Waals surface area contributed by atoms with Gasteiger partial charge in [-0.25, -0.2) is 4.79 Å². The number of hydrogen-bond donors (Lipinski definition) is 3. The molecular formula is C20H22N2O4. The topological polar surface area (TPSA) is 95.5 Å². The zero-order valence-corrected chi connectivity index (χ0v) is 14.6. The number of carboxylic acids is 1. The third kappa shape index (κ3) is 5.44. The van der Waals surface area contributed by atoms with E-state index in [4.69, 9.17) is 0 Å². The number of unbranched alkanes of at least 4 members (excludes halogenated alkanes) is 1. The van der Waals surface area contributed by atoms with Crippen LogP contribution in [0.5, 0.6) is 0 Å². The van der Waals surface area contributed by atoms with E-state index in [1.807, 2.05) is 13.0 Å². The van der Waals surface area contributed by atoms with Crippen molar-refractivity contribution in [3.8, 4) is 0 Å². The van der Waals surface area contributed by atoms with Crippen LogP contribution in [-0.2, 0) is 4.79 Å². The summed E-state index contributed by atoms with van der Waals surface area (Å²) in [5, 5.41) is 14.5. The number of nitrogens with one attached hydrogen (secondary N) is 2. The number of carboxylic acid groups (broad SMARTS) is 1. The van der Waals surface area contributed by atoms with Crippen molar-refractivity contribution in [2.75, 3.05) is 5.32 Å². The summed E-state index contributed by atoms with van der Waals surface area (Å²) in [6.45, 7) is 1.96. The highest BCUT2D eigenvalue weighted by molar-refractivity contribution is 6.04. The van der Waals surface area contributed by atoms with Crippen LogP contribution in [0, 0.1) is 0 Å². The Morgan fingerprint density at radius 3 is 2.12 bits per heavy atom. The fraction of sp³-hybridized carbons (Fsp3) is 0.250. The van der Waals surface area contributed by atoms with Crippen LogP contribution in [0.4, 0.5) is 5.69 Å². The van der Waals surface area contributed by atoms with E-state index in [2.05, 4.69) is 10.6 Å². The lowest BCUT2D eigenvalue weighted by atomic mass is 10.1. The minimum Gasteiger partial charge on any atom is -0.480 e. The van der Waals surface area contributed by atoms with Gasteiger partial charge in [0.25, 0.3) is 11.8 Å². The maximum Gasteiger partial charge on any atom is 0.326 e. The first-order valence-corrected chi connectivity index (χ1v) is 8.51. The van der Waals surface area contributed by atoms with E-state index in [0.717, 1.165) is 12.8 Å². The Balaban J connectivity index is 1.98. The first-order valence-electron chi connectivity index (χ1n) is 8.51. The van der Waals surface area contributed by atoms with Crippen LogP contribution in [0.2, 0.25) is 0 Å². The van der Waals surface area contributed by atoms with Crippen LogP contribution in [-0.4, -0.2) is 28.9 Å². The Kier molecular flexibility index (Phi) is 6.91. The summed E-state index contributed by atoms with van der Waals surface area (Å²) in [7, 11) is 0. The molecule has 2 amide bonds. The van der Waals surface area contributed by atoms with Gasteiger partial charge in [0.2, 0.25) is 0 Å². The average molecular weight is 354 g/mol. The van der Waals surface area contributed by atoms with E-state index in [1.54, 1.807) is 48.5 Å². The molecule has 2 rings (SSSR count). The molecule has 2 aromatic carbocycles. The molecule has 136 valence electrons. The predicted octanol–water partition coefficient (Wildman–Crippen LogP) is 3.31. The van der Waals surface area contributed by atoms with Crippen LogP contribution < -0.4 is 10.6 Å². The fourth-order valence-electron chi connectivity index (χ4n) is 2.40. The molecule has 2 aromatic rings. The molecule has 0 aliphatic heterocycles. The fourth-order valence-corrected chi connectivity index (χ4v) is 2.40. The quantitative estimate of drug-likeness (QED) is 0.678. The summed E-state index contributed by atoms with van der Waals surface area (Å²) >= 11 is 0. The van der Waals surface area contributed by atoms with Crippen LogP contribution >= 0.6 is 0 Å². The zero-order chi connectivity index (χ0) is 18.9. The van der Waals surface area contributed by atoms with Gasteiger partial charge in [0.15, 0.2) is 0 Å². The molecule has 0 heterocycles. The second-order valence-corrected chi connectivity index (χ2v) is 5.90. The van der Waals surface area contributed by atoms with Gasteiger partial charge in [-0.2, -0.15) is 0 Å². The van der Waals surface area contributed by atoms with Gasteiger partial charge in [-0.15, -0.1) is 0 Å². The highest BCUT2D eigenvalue weighted by Gasteiger charge is 2.20. The Bertz CT molecular complexity index is 757. The van der Waals surface area contributed by atoms with E-state index in [0.29, 0.717) is 23.2 Å². The van der Waals surface area contributed by atoms with E-state index in [9.17, 15) is 19.5 Å². The summed E-state index contributed by atoms with van der Waals surface area (Å²) in [6.07, 6.45) is 1.97. The molecule has 3 N–H and O–H groups in total. The van der Waals surface area contributed by atoms with Crippen LogP contribution in [0.15, 0.2) is 54.6 Å². The number of anilines is 1. The molecule has 26 heavy (non-hydrogen) atoms. The standard InChI is InChI=1S/C20H22N2O4/c1-2-3-9-17(20(25)26)22-19(24)15-10-12-16(13-11-15)21-18(23)14-7-5-4-6-8-14/h4-8,10-13,17H,2-3,9H2,1H3,(H,21,23)(H,22,24)(H,25,26). The normalized spacial score (nSPS) is 11.4. The summed E-state index contributed by atoms with van der Waals surface area (Å²) in [5.41, 5.74) is 1.43. The van der Waals surface area contributed by atoms with E-state index >= 15 is 0 Å². The van der Waals surface area contributed by atoms with Crippen molar-refractivity contribution < 1.29 is 19.5 Å². The Morgan fingerprint density at radius 2 is 1.54 bits per heavy atom. The molecule has 0 saturated heterocycles. The average Bonchev–Trinajstić information content (AvgIpc) is 2.66. The number of amides is 2. The molecule has 0 aromatic heterocycles. The van der Waals surface area contributed by atoms with Crippen molar-refractivity contribution in [3.63, 3.8) is 0 Å². The van der Waals surface area contributed by atoms with E-state index < -0.39 is 17.9 Å². The summed E-state index contributed by atoms with van der Waals surface area (Å²) < 4.78 is 0. The van der Waals surface area contributed by atoms with Gasteiger partial charge < -0.3 is 15.7 Å². The maximum atomic E-state index is 12.2. The molecule has 1 atom stereocenters. The van der Waals surface area contributed by atoms with Crippen molar-refractivity contribution >= 4 is 23.5 Å². The lowest BCUT2D eigenvalue weighted by Gasteiger charge is -2.14. The molecule has 0 fully saturated rings. The molecular weight excluding hydrogens is 332 g/mol. The second kappa shape index (κ2) is 9.36. The molecule has 1 unspecified atom stereocenters. The number of hydrogen-bond acceptors (Lipinski definition) is 3. The number of benzene rings is 2.